The molecule has 0 aromatic carbocycles. The molecule has 0 N–H and O–H groups in total. The van der Waals surface area contributed by atoms with Crippen LogP contribution in [0.4, 0.5) is 0 Å². The summed E-state index contributed by atoms with van der Waals surface area (Å²) in [6, 6.07) is 0. The van der Waals surface area contributed by atoms with Crippen LogP contribution in [-0.2, 0) is 4.74 Å². The van der Waals surface area contributed by atoms with Crippen LogP contribution in [0.15, 0.2) is 25.3 Å². The molecule has 2 atom stereocenters. The summed E-state index contributed by atoms with van der Waals surface area (Å²) in [5.41, 5.74) is 0.0712. The van der Waals surface area contributed by atoms with Gasteiger partial charge in [-0.2, -0.15) is 0 Å². The van der Waals surface area contributed by atoms with Gasteiger partial charge < -0.3 is 4.74 Å². The Morgan fingerprint density at radius 2 is 1.71 bits per heavy atom. The maximum absolute atomic E-state index is 6.09. The zero-order chi connectivity index (χ0) is 10.0. The van der Waals surface area contributed by atoms with Crippen LogP contribution in [-0.4, -0.2) is 12.2 Å². The van der Waals surface area contributed by atoms with Crippen molar-refractivity contribution < 1.29 is 4.74 Å². The predicted octanol–water partition coefficient (Wildman–Crippen LogP) is 3.32. The quantitative estimate of drug-likeness (QED) is 0.610. The van der Waals surface area contributed by atoms with Crippen molar-refractivity contribution in [3.63, 3.8) is 0 Å². The summed E-state index contributed by atoms with van der Waals surface area (Å²) >= 11 is 0. The normalized spacial score (nSPS) is 35.7. The first kappa shape index (κ1) is 9.97. The van der Waals surface area contributed by atoms with Crippen molar-refractivity contribution in [2.24, 2.45) is 11.8 Å². The Kier molecular flexibility index (Phi) is 2.78. The van der Waals surface area contributed by atoms with Gasteiger partial charge in [-0.1, -0.05) is 12.2 Å². The number of rotatable bonds is 2. The highest BCUT2D eigenvalue weighted by Crippen LogP contribution is 2.49. The summed E-state index contributed by atoms with van der Waals surface area (Å²) in [6.45, 7) is 8.82. The molecule has 2 aliphatic rings. The Bertz CT molecular complexity index is 207. The standard InChI is InChI=1S/C13H20O/c1-3-11-7-8-12(4-2)13(11)9-5-6-10-14-13/h3-4,11-12H,1-2,5-10H2/t11-,12-/m1/s1. The van der Waals surface area contributed by atoms with E-state index in [4.69, 9.17) is 4.74 Å². The molecular formula is C13H20O. The first-order valence-electron chi connectivity index (χ1n) is 5.72. The Hall–Kier alpha value is -0.560. The summed E-state index contributed by atoms with van der Waals surface area (Å²) in [6.07, 6.45) is 10.3. The summed E-state index contributed by atoms with van der Waals surface area (Å²) in [4.78, 5) is 0. The van der Waals surface area contributed by atoms with Crippen LogP contribution < -0.4 is 0 Å². The molecule has 0 bridgehead atoms. The zero-order valence-corrected chi connectivity index (χ0v) is 8.87. The summed E-state index contributed by atoms with van der Waals surface area (Å²) in [7, 11) is 0. The van der Waals surface area contributed by atoms with Crippen LogP contribution in [0.3, 0.4) is 0 Å². The molecule has 0 aromatic heterocycles. The summed E-state index contributed by atoms with van der Waals surface area (Å²) in [5.74, 6) is 1.09. The minimum atomic E-state index is 0.0712. The second-order valence-electron chi connectivity index (χ2n) is 4.52. The zero-order valence-electron chi connectivity index (χ0n) is 8.87. The molecule has 1 spiro atoms. The SMILES string of the molecule is C=C[C@@H]1CC[C@@H](C=C)C12CCCCO2. The van der Waals surface area contributed by atoms with Crippen molar-refractivity contribution in [3.8, 4) is 0 Å². The maximum atomic E-state index is 6.09. The van der Waals surface area contributed by atoms with Gasteiger partial charge in [0.25, 0.3) is 0 Å². The molecule has 1 nitrogen and oxygen atoms in total. The first-order valence-corrected chi connectivity index (χ1v) is 5.72. The van der Waals surface area contributed by atoms with Crippen LogP contribution in [0.2, 0.25) is 0 Å². The van der Waals surface area contributed by atoms with Gasteiger partial charge in [0.2, 0.25) is 0 Å². The minimum absolute atomic E-state index is 0.0712. The van der Waals surface area contributed by atoms with Crippen molar-refractivity contribution >= 4 is 0 Å². The van der Waals surface area contributed by atoms with Crippen LogP contribution in [0.5, 0.6) is 0 Å². The molecule has 1 saturated heterocycles. The molecule has 0 unspecified atom stereocenters. The van der Waals surface area contributed by atoms with Gasteiger partial charge in [-0.25, -0.2) is 0 Å². The topological polar surface area (TPSA) is 9.23 Å². The molecule has 0 amide bonds. The Balaban J connectivity index is 2.23. The molecule has 2 fully saturated rings. The fraction of sp³-hybridized carbons (Fsp3) is 0.692. The third-order valence-electron chi connectivity index (χ3n) is 3.95. The Labute approximate surface area is 86.8 Å². The lowest BCUT2D eigenvalue weighted by Crippen LogP contribution is -2.44. The highest BCUT2D eigenvalue weighted by molar-refractivity contribution is 5.11. The van der Waals surface area contributed by atoms with E-state index in [9.17, 15) is 0 Å². The highest BCUT2D eigenvalue weighted by atomic mass is 16.5. The van der Waals surface area contributed by atoms with Crippen LogP contribution >= 0.6 is 0 Å². The van der Waals surface area contributed by atoms with Crippen LogP contribution in [0, 0.1) is 11.8 Å². The van der Waals surface area contributed by atoms with Gasteiger partial charge in [-0.05, 0) is 32.1 Å². The monoisotopic (exact) mass is 192 g/mol. The van der Waals surface area contributed by atoms with Gasteiger partial charge in [-0.3, -0.25) is 0 Å². The van der Waals surface area contributed by atoms with Gasteiger partial charge in [0.05, 0.1) is 5.60 Å². The molecule has 1 heteroatoms. The van der Waals surface area contributed by atoms with Gasteiger partial charge in [0.15, 0.2) is 0 Å². The molecule has 1 aliphatic heterocycles. The molecule has 14 heavy (non-hydrogen) atoms. The second-order valence-corrected chi connectivity index (χ2v) is 4.52. The van der Waals surface area contributed by atoms with Gasteiger partial charge >= 0.3 is 0 Å². The van der Waals surface area contributed by atoms with E-state index < -0.39 is 0 Å². The third-order valence-corrected chi connectivity index (χ3v) is 3.95. The van der Waals surface area contributed by atoms with Gasteiger partial charge in [-0.15, -0.1) is 13.2 Å². The van der Waals surface area contributed by atoms with Crippen molar-refractivity contribution in [2.75, 3.05) is 6.61 Å². The molecule has 0 radical (unpaired) electrons. The molecule has 0 aromatic rings. The number of hydrogen-bond acceptors (Lipinski definition) is 1. The largest absolute Gasteiger partial charge is 0.374 e. The fourth-order valence-corrected chi connectivity index (χ4v) is 3.18. The predicted molar refractivity (Wildman–Crippen MR) is 59.1 cm³/mol. The number of hydrogen-bond donors (Lipinski definition) is 0. The first-order chi connectivity index (χ1) is 6.83. The van der Waals surface area contributed by atoms with Crippen molar-refractivity contribution in [2.45, 2.75) is 37.7 Å². The van der Waals surface area contributed by atoms with E-state index in [2.05, 4.69) is 25.3 Å². The Morgan fingerprint density at radius 3 is 2.14 bits per heavy atom. The molecule has 1 saturated carbocycles. The molecule has 1 heterocycles. The van der Waals surface area contributed by atoms with E-state index in [1.807, 2.05) is 0 Å². The second kappa shape index (κ2) is 3.90. The highest BCUT2D eigenvalue weighted by Gasteiger charge is 2.49. The van der Waals surface area contributed by atoms with E-state index >= 15 is 0 Å². The summed E-state index contributed by atoms with van der Waals surface area (Å²) in [5, 5.41) is 0. The van der Waals surface area contributed by atoms with Crippen molar-refractivity contribution in [1.29, 1.82) is 0 Å². The lowest BCUT2D eigenvalue weighted by molar-refractivity contribution is -0.110. The van der Waals surface area contributed by atoms with E-state index in [-0.39, 0.29) is 5.60 Å². The smallest absolute Gasteiger partial charge is 0.0806 e. The summed E-state index contributed by atoms with van der Waals surface area (Å²) < 4.78 is 6.09. The lowest BCUT2D eigenvalue weighted by Gasteiger charge is -2.41. The maximum Gasteiger partial charge on any atom is 0.0806 e. The fourth-order valence-electron chi connectivity index (χ4n) is 3.18. The van der Waals surface area contributed by atoms with Gasteiger partial charge in [0.1, 0.15) is 0 Å². The number of ether oxygens (including phenoxy) is 1. The molecular weight excluding hydrogens is 172 g/mol. The van der Waals surface area contributed by atoms with Crippen molar-refractivity contribution in [1.82, 2.24) is 0 Å². The van der Waals surface area contributed by atoms with E-state index in [0.29, 0.717) is 11.8 Å². The van der Waals surface area contributed by atoms with Crippen molar-refractivity contribution in [3.05, 3.63) is 25.3 Å². The Morgan fingerprint density at radius 1 is 1.07 bits per heavy atom. The molecule has 2 rings (SSSR count). The van der Waals surface area contributed by atoms with E-state index in [1.54, 1.807) is 0 Å². The third kappa shape index (κ3) is 1.35. The molecule has 1 aliphatic carbocycles. The molecule has 78 valence electrons. The van der Waals surface area contributed by atoms with E-state index in [1.165, 1.54) is 32.1 Å². The minimum Gasteiger partial charge on any atom is -0.374 e. The van der Waals surface area contributed by atoms with E-state index in [0.717, 1.165) is 6.61 Å². The van der Waals surface area contributed by atoms with Crippen LogP contribution in [0.1, 0.15) is 32.1 Å². The lowest BCUT2D eigenvalue weighted by atomic mass is 9.78. The average Bonchev–Trinajstić information content (AvgIpc) is 2.57. The average molecular weight is 192 g/mol. The van der Waals surface area contributed by atoms with Gasteiger partial charge in [0, 0.05) is 18.4 Å². The van der Waals surface area contributed by atoms with Crippen LogP contribution in [0.25, 0.3) is 0 Å².